The zero-order chi connectivity index (χ0) is 12.1. The normalized spacial score (nSPS) is 25.1. The number of hydrogen-bond acceptors (Lipinski definition) is 3. The largest absolute Gasteiger partial charge is 0.381 e. The van der Waals surface area contributed by atoms with Gasteiger partial charge in [-0.3, -0.25) is 0 Å². The molecule has 1 N–H and O–H groups in total. The highest BCUT2D eigenvalue weighted by Crippen LogP contribution is 2.20. The lowest BCUT2D eigenvalue weighted by atomic mass is 9.93. The van der Waals surface area contributed by atoms with Gasteiger partial charge in [0, 0.05) is 45.6 Å². The molecule has 1 aromatic rings. The molecule has 96 valence electrons. The second-order valence-electron chi connectivity index (χ2n) is 4.87. The van der Waals surface area contributed by atoms with E-state index < -0.39 is 0 Å². The molecule has 1 aromatic heterocycles. The Morgan fingerprint density at radius 1 is 1.41 bits per heavy atom. The first-order valence-corrected chi connectivity index (χ1v) is 6.52. The summed E-state index contributed by atoms with van der Waals surface area (Å²) in [5.41, 5.74) is 0. The Labute approximate surface area is 103 Å². The SMILES string of the molecule is COC1CCC(NCCc2nccn2C)CC1. The van der Waals surface area contributed by atoms with Crippen molar-refractivity contribution in [2.75, 3.05) is 13.7 Å². The standard InChI is InChI=1S/C13H23N3O/c1-16-10-9-15-13(16)7-8-14-11-3-5-12(17-2)6-4-11/h9-12,14H,3-8H2,1-2H3. The van der Waals surface area contributed by atoms with Crippen molar-refractivity contribution in [1.29, 1.82) is 0 Å². The summed E-state index contributed by atoms with van der Waals surface area (Å²) in [5.74, 6) is 1.16. The number of ether oxygens (including phenoxy) is 1. The number of aromatic nitrogens is 2. The van der Waals surface area contributed by atoms with Crippen molar-refractivity contribution in [2.24, 2.45) is 7.05 Å². The van der Waals surface area contributed by atoms with Crippen LogP contribution in [0.2, 0.25) is 0 Å². The van der Waals surface area contributed by atoms with E-state index in [0.717, 1.165) is 18.8 Å². The lowest BCUT2D eigenvalue weighted by Crippen LogP contribution is -2.36. The van der Waals surface area contributed by atoms with Crippen LogP contribution < -0.4 is 5.32 Å². The first-order chi connectivity index (χ1) is 8.29. The first-order valence-electron chi connectivity index (χ1n) is 6.52. The third-order valence-electron chi connectivity index (χ3n) is 3.71. The fourth-order valence-corrected chi connectivity index (χ4v) is 2.53. The molecule has 0 spiro atoms. The summed E-state index contributed by atoms with van der Waals surface area (Å²) in [6.07, 6.45) is 10.2. The second kappa shape index (κ2) is 6.17. The molecule has 0 aliphatic heterocycles. The predicted molar refractivity (Wildman–Crippen MR) is 68.0 cm³/mol. The van der Waals surface area contributed by atoms with Gasteiger partial charge in [-0.05, 0) is 25.7 Å². The molecule has 0 amide bonds. The van der Waals surface area contributed by atoms with Crippen molar-refractivity contribution >= 4 is 0 Å². The Morgan fingerprint density at radius 3 is 2.76 bits per heavy atom. The van der Waals surface area contributed by atoms with Gasteiger partial charge in [0.15, 0.2) is 0 Å². The Hall–Kier alpha value is -0.870. The van der Waals surface area contributed by atoms with Crippen LogP contribution in [0.25, 0.3) is 0 Å². The maximum Gasteiger partial charge on any atom is 0.109 e. The summed E-state index contributed by atoms with van der Waals surface area (Å²) < 4.78 is 7.46. The molecule has 1 heterocycles. The van der Waals surface area contributed by atoms with Crippen LogP contribution in [0, 0.1) is 0 Å². The molecule has 0 bridgehead atoms. The van der Waals surface area contributed by atoms with E-state index in [1.807, 2.05) is 26.6 Å². The van der Waals surface area contributed by atoms with Gasteiger partial charge in [-0.25, -0.2) is 4.98 Å². The average Bonchev–Trinajstić information content (AvgIpc) is 2.76. The molecule has 1 saturated carbocycles. The maximum absolute atomic E-state index is 5.38. The topological polar surface area (TPSA) is 39.1 Å². The van der Waals surface area contributed by atoms with Crippen molar-refractivity contribution in [2.45, 2.75) is 44.2 Å². The number of aryl methyl sites for hydroxylation is 1. The Kier molecular flexibility index (Phi) is 4.57. The average molecular weight is 237 g/mol. The third kappa shape index (κ3) is 3.54. The van der Waals surface area contributed by atoms with Gasteiger partial charge < -0.3 is 14.6 Å². The number of hydrogen-bond donors (Lipinski definition) is 1. The second-order valence-corrected chi connectivity index (χ2v) is 4.87. The van der Waals surface area contributed by atoms with E-state index in [4.69, 9.17) is 4.74 Å². The van der Waals surface area contributed by atoms with E-state index in [1.54, 1.807) is 0 Å². The highest BCUT2D eigenvalue weighted by Gasteiger charge is 2.19. The molecule has 0 saturated heterocycles. The fraction of sp³-hybridized carbons (Fsp3) is 0.769. The summed E-state index contributed by atoms with van der Waals surface area (Å²) in [6.45, 7) is 1.02. The van der Waals surface area contributed by atoms with Gasteiger partial charge in [0.05, 0.1) is 6.10 Å². The van der Waals surface area contributed by atoms with Crippen molar-refractivity contribution < 1.29 is 4.74 Å². The van der Waals surface area contributed by atoms with E-state index in [1.165, 1.54) is 25.7 Å². The minimum Gasteiger partial charge on any atom is -0.381 e. The summed E-state index contributed by atoms with van der Waals surface area (Å²) in [4.78, 5) is 4.33. The van der Waals surface area contributed by atoms with E-state index >= 15 is 0 Å². The molecule has 4 heteroatoms. The Morgan fingerprint density at radius 2 is 2.18 bits per heavy atom. The van der Waals surface area contributed by atoms with E-state index in [9.17, 15) is 0 Å². The van der Waals surface area contributed by atoms with Crippen LogP contribution in [0.15, 0.2) is 12.4 Å². The number of nitrogens with one attached hydrogen (secondary N) is 1. The summed E-state index contributed by atoms with van der Waals surface area (Å²) in [5, 5.41) is 3.62. The zero-order valence-corrected chi connectivity index (χ0v) is 10.9. The number of methoxy groups -OCH3 is 1. The Balaban J connectivity index is 1.65. The van der Waals surface area contributed by atoms with Crippen molar-refractivity contribution in [3.05, 3.63) is 18.2 Å². The number of nitrogens with zero attached hydrogens (tertiary/aromatic N) is 2. The van der Waals surface area contributed by atoms with Crippen LogP contribution in [0.3, 0.4) is 0 Å². The summed E-state index contributed by atoms with van der Waals surface area (Å²) >= 11 is 0. The molecule has 1 aliphatic rings. The van der Waals surface area contributed by atoms with E-state index in [-0.39, 0.29) is 0 Å². The Bertz CT molecular complexity index is 329. The molecule has 1 aliphatic carbocycles. The molecule has 0 atom stereocenters. The smallest absolute Gasteiger partial charge is 0.109 e. The van der Waals surface area contributed by atoms with Crippen LogP contribution >= 0.6 is 0 Å². The van der Waals surface area contributed by atoms with Crippen LogP contribution in [0.1, 0.15) is 31.5 Å². The van der Waals surface area contributed by atoms with Gasteiger partial charge >= 0.3 is 0 Å². The van der Waals surface area contributed by atoms with E-state index in [2.05, 4.69) is 14.9 Å². The van der Waals surface area contributed by atoms with Crippen molar-refractivity contribution in [3.63, 3.8) is 0 Å². The van der Waals surface area contributed by atoms with Gasteiger partial charge in [0.25, 0.3) is 0 Å². The van der Waals surface area contributed by atoms with Crippen molar-refractivity contribution in [3.8, 4) is 0 Å². The molecule has 2 rings (SSSR count). The van der Waals surface area contributed by atoms with Crippen LogP contribution in [0.5, 0.6) is 0 Å². The maximum atomic E-state index is 5.38. The molecule has 17 heavy (non-hydrogen) atoms. The minimum atomic E-state index is 0.489. The summed E-state index contributed by atoms with van der Waals surface area (Å²) in [7, 11) is 3.87. The molecule has 0 unspecified atom stereocenters. The van der Waals surface area contributed by atoms with Crippen molar-refractivity contribution in [1.82, 2.24) is 14.9 Å². The quantitative estimate of drug-likeness (QED) is 0.843. The molecular formula is C13H23N3O. The lowest BCUT2D eigenvalue weighted by molar-refractivity contribution is 0.0626. The highest BCUT2D eigenvalue weighted by molar-refractivity contribution is 4.92. The number of rotatable bonds is 5. The molecular weight excluding hydrogens is 214 g/mol. The lowest BCUT2D eigenvalue weighted by Gasteiger charge is -2.28. The first kappa shape index (κ1) is 12.6. The minimum absolute atomic E-state index is 0.489. The van der Waals surface area contributed by atoms with E-state index in [0.29, 0.717) is 12.1 Å². The number of imidazole rings is 1. The van der Waals surface area contributed by atoms with Crippen LogP contribution in [-0.4, -0.2) is 35.4 Å². The van der Waals surface area contributed by atoms with Gasteiger partial charge in [-0.2, -0.15) is 0 Å². The molecule has 0 radical (unpaired) electrons. The van der Waals surface area contributed by atoms with Crippen LogP contribution in [-0.2, 0) is 18.2 Å². The third-order valence-corrected chi connectivity index (χ3v) is 3.71. The molecule has 0 aromatic carbocycles. The van der Waals surface area contributed by atoms with Gasteiger partial charge in [-0.1, -0.05) is 0 Å². The van der Waals surface area contributed by atoms with Gasteiger partial charge in [0.1, 0.15) is 5.82 Å². The van der Waals surface area contributed by atoms with Gasteiger partial charge in [-0.15, -0.1) is 0 Å². The predicted octanol–water partition coefficient (Wildman–Crippen LogP) is 1.51. The monoisotopic (exact) mass is 237 g/mol. The summed E-state index contributed by atoms with van der Waals surface area (Å²) in [6, 6.07) is 0.668. The molecule has 1 fully saturated rings. The zero-order valence-electron chi connectivity index (χ0n) is 10.9. The van der Waals surface area contributed by atoms with Crippen LogP contribution in [0.4, 0.5) is 0 Å². The highest BCUT2D eigenvalue weighted by atomic mass is 16.5. The fourth-order valence-electron chi connectivity index (χ4n) is 2.53. The van der Waals surface area contributed by atoms with Gasteiger partial charge in [0.2, 0.25) is 0 Å². The molecule has 4 nitrogen and oxygen atoms in total.